The highest BCUT2D eigenvalue weighted by Gasteiger charge is 2.27. The van der Waals surface area contributed by atoms with Crippen molar-refractivity contribution in [2.45, 2.75) is 26.3 Å². The maximum atomic E-state index is 6.07. The number of benzene rings is 1. The van der Waals surface area contributed by atoms with Crippen LogP contribution in [0.25, 0.3) is 0 Å². The topological polar surface area (TPSA) is 15.3 Å². The Bertz CT molecular complexity index is 419. The van der Waals surface area contributed by atoms with Gasteiger partial charge < -0.3 is 5.32 Å². The van der Waals surface area contributed by atoms with E-state index in [9.17, 15) is 0 Å². The molecule has 0 aliphatic carbocycles. The van der Waals surface area contributed by atoms with E-state index in [1.54, 1.807) is 0 Å². The fourth-order valence-corrected chi connectivity index (χ4v) is 3.71. The number of halogens is 2. The van der Waals surface area contributed by atoms with Crippen LogP contribution >= 0.6 is 27.5 Å². The Kier molecular flexibility index (Phi) is 5.70. The minimum absolute atomic E-state index is 0.471. The molecule has 106 valence electrons. The average molecular weight is 346 g/mol. The molecule has 2 rings (SSSR count). The largest absolute Gasteiger partial charge is 0.314 e. The van der Waals surface area contributed by atoms with Crippen LogP contribution in [0.3, 0.4) is 0 Å². The van der Waals surface area contributed by atoms with E-state index in [0.717, 1.165) is 35.7 Å². The van der Waals surface area contributed by atoms with Crippen LogP contribution < -0.4 is 5.32 Å². The third-order valence-electron chi connectivity index (χ3n) is 4.01. The van der Waals surface area contributed by atoms with Crippen LogP contribution in [0, 0.1) is 5.92 Å². The Morgan fingerprint density at radius 1 is 1.37 bits per heavy atom. The van der Waals surface area contributed by atoms with Gasteiger partial charge in [0.05, 0.1) is 0 Å². The zero-order chi connectivity index (χ0) is 13.8. The Morgan fingerprint density at radius 2 is 2.05 bits per heavy atom. The molecule has 1 saturated heterocycles. The van der Waals surface area contributed by atoms with Crippen molar-refractivity contribution in [3.05, 3.63) is 33.3 Å². The molecule has 0 bridgehead atoms. The van der Waals surface area contributed by atoms with Crippen molar-refractivity contribution >= 4 is 27.5 Å². The van der Waals surface area contributed by atoms with Gasteiger partial charge >= 0.3 is 0 Å². The summed E-state index contributed by atoms with van der Waals surface area (Å²) in [5.41, 5.74) is 1.36. The monoisotopic (exact) mass is 344 g/mol. The average Bonchev–Trinajstić information content (AvgIpc) is 2.42. The van der Waals surface area contributed by atoms with Crippen molar-refractivity contribution in [3.63, 3.8) is 0 Å². The van der Waals surface area contributed by atoms with Crippen LogP contribution in [0.15, 0.2) is 22.7 Å². The fraction of sp³-hybridized carbons (Fsp3) is 0.600. The van der Waals surface area contributed by atoms with Gasteiger partial charge in [-0.1, -0.05) is 53.9 Å². The number of piperazine rings is 1. The van der Waals surface area contributed by atoms with Crippen LogP contribution in [-0.4, -0.2) is 31.1 Å². The van der Waals surface area contributed by atoms with Crippen LogP contribution in [0.5, 0.6) is 0 Å². The van der Waals surface area contributed by atoms with Gasteiger partial charge in [0.2, 0.25) is 0 Å². The lowest BCUT2D eigenvalue weighted by molar-refractivity contribution is 0.128. The summed E-state index contributed by atoms with van der Waals surface area (Å²) in [5.74, 6) is 0.635. The molecular weight excluding hydrogens is 324 g/mol. The highest BCUT2D eigenvalue weighted by molar-refractivity contribution is 9.10. The van der Waals surface area contributed by atoms with E-state index in [0.29, 0.717) is 12.0 Å². The summed E-state index contributed by atoms with van der Waals surface area (Å²) in [6, 6.07) is 6.65. The predicted molar refractivity (Wildman–Crippen MR) is 85.8 cm³/mol. The van der Waals surface area contributed by atoms with Gasteiger partial charge in [-0.2, -0.15) is 0 Å². The van der Waals surface area contributed by atoms with Gasteiger partial charge in [-0.05, 0) is 23.6 Å². The second-order valence-corrected chi connectivity index (χ2v) is 6.57. The Hall–Kier alpha value is -0.0900. The van der Waals surface area contributed by atoms with Crippen molar-refractivity contribution in [1.29, 1.82) is 0 Å². The highest BCUT2D eigenvalue weighted by Crippen LogP contribution is 2.36. The van der Waals surface area contributed by atoms with E-state index < -0.39 is 0 Å². The van der Waals surface area contributed by atoms with Crippen molar-refractivity contribution in [2.75, 3.05) is 26.2 Å². The van der Waals surface area contributed by atoms with Gasteiger partial charge in [0.15, 0.2) is 0 Å². The maximum Gasteiger partial charge on any atom is 0.0417 e. The van der Waals surface area contributed by atoms with Gasteiger partial charge in [0.1, 0.15) is 0 Å². The smallest absolute Gasteiger partial charge is 0.0417 e. The third-order valence-corrected chi connectivity index (χ3v) is 4.93. The third kappa shape index (κ3) is 3.72. The molecule has 1 aromatic carbocycles. The van der Waals surface area contributed by atoms with Crippen LogP contribution in [0.2, 0.25) is 5.02 Å². The Morgan fingerprint density at radius 3 is 2.63 bits per heavy atom. The first-order chi connectivity index (χ1) is 9.13. The van der Waals surface area contributed by atoms with Crippen LogP contribution in [0.4, 0.5) is 0 Å². The van der Waals surface area contributed by atoms with E-state index in [4.69, 9.17) is 11.6 Å². The van der Waals surface area contributed by atoms with Gasteiger partial charge in [-0.25, -0.2) is 0 Å². The van der Waals surface area contributed by atoms with Gasteiger partial charge in [-0.15, -0.1) is 0 Å². The molecule has 1 heterocycles. The molecule has 0 aromatic heterocycles. The second kappa shape index (κ2) is 7.07. The van der Waals surface area contributed by atoms with Crippen LogP contribution in [0.1, 0.15) is 31.9 Å². The molecule has 1 aromatic rings. The Labute approximate surface area is 129 Å². The lowest BCUT2D eigenvalue weighted by Crippen LogP contribution is -2.46. The molecule has 2 nitrogen and oxygen atoms in total. The molecule has 19 heavy (non-hydrogen) atoms. The number of nitrogens with one attached hydrogen (secondary N) is 1. The second-order valence-electron chi connectivity index (χ2n) is 5.28. The zero-order valence-corrected chi connectivity index (χ0v) is 14.0. The van der Waals surface area contributed by atoms with E-state index in [1.165, 1.54) is 12.0 Å². The minimum Gasteiger partial charge on any atom is -0.314 e. The molecule has 1 aliphatic rings. The first-order valence-corrected chi connectivity index (χ1v) is 8.20. The SMILES string of the molecule is CCC(C)[C@@H](c1ccc(Cl)cc1Br)N1CCNCC1. The summed E-state index contributed by atoms with van der Waals surface area (Å²) >= 11 is 9.75. The van der Waals surface area contributed by atoms with Gasteiger partial charge in [0.25, 0.3) is 0 Å². The zero-order valence-electron chi connectivity index (χ0n) is 11.6. The molecule has 1 N–H and O–H groups in total. The molecule has 2 atom stereocenters. The molecular formula is C15H22BrClN2. The molecule has 0 radical (unpaired) electrons. The fourth-order valence-electron chi connectivity index (χ4n) is 2.79. The Balaban J connectivity index is 2.30. The standard InChI is InChI=1S/C15H22BrClN2/c1-3-11(2)15(19-8-6-18-7-9-19)13-5-4-12(17)10-14(13)16/h4-5,10-11,15,18H,3,6-9H2,1-2H3/t11?,15-/m0/s1. The normalized spacial score (nSPS) is 20.2. The lowest BCUT2D eigenvalue weighted by Gasteiger charge is -2.39. The first-order valence-electron chi connectivity index (χ1n) is 7.03. The van der Waals surface area contributed by atoms with E-state index in [2.05, 4.69) is 46.1 Å². The summed E-state index contributed by atoms with van der Waals surface area (Å²) in [6.07, 6.45) is 1.18. The van der Waals surface area contributed by atoms with Crippen molar-refractivity contribution in [1.82, 2.24) is 10.2 Å². The molecule has 1 aliphatic heterocycles. The summed E-state index contributed by atoms with van der Waals surface area (Å²) < 4.78 is 1.13. The van der Waals surface area contributed by atoms with Crippen molar-refractivity contribution in [2.24, 2.45) is 5.92 Å². The summed E-state index contributed by atoms with van der Waals surface area (Å²) in [6.45, 7) is 9.00. The quantitative estimate of drug-likeness (QED) is 0.884. The summed E-state index contributed by atoms with van der Waals surface area (Å²) in [7, 11) is 0. The molecule has 1 fully saturated rings. The molecule has 0 spiro atoms. The highest BCUT2D eigenvalue weighted by atomic mass is 79.9. The molecule has 4 heteroatoms. The minimum atomic E-state index is 0.471. The predicted octanol–water partition coefficient (Wildman–Crippen LogP) is 4.09. The summed E-state index contributed by atoms with van der Waals surface area (Å²) in [5, 5.41) is 4.22. The number of nitrogens with zero attached hydrogens (tertiary/aromatic N) is 1. The molecule has 0 amide bonds. The number of hydrogen-bond acceptors (Lipinski definition) is 2. The maximum absolute atomic E-state index is 6.07. The van der Waals surface area contributed by atoms with E-state index >= 15 is 0 Å². The number of rotatable bonds is 4. The molecule has 0 saturated carbocycles. The van der Waals surface area contributed by atoms with Crippen LogP contribution in [-0.2, 0) is 0 Å². The molecule has 1 unspecified atom stereocenters. The summed E-state index contributed by atoms with van der Waals surface area (Å²) in [4.78, 5) is 2.60. The van der Waals surface area contributed by atoms with E-state index in [1.807, 2.05) is 12.1 Å². The van der Waals surface area contributed by atoms with E-state index in [-0.39, 0.29) is 0 Å². The van der Waals surface area contributed by atoms with Crippen molar-refractivity contribution in [3.8, 4) is 0 Å². The van der Waals surface area contributed by atoms with Crippen molar-refractivity contribution < 1.29 is 0 Å². The van der Waals surface area contributed by atoms with Gasteiger partial charge in [-0.3, -0.25) is 4.90 Å². The number of hydrogen-bond donors (Lipinski definition) is 1. The van der Waals surface area contributed by atoms with Gasteiger partial charge in [0, 0.05) is 41.7 Å². The lowest BCUT2D eigenvalue weighted by atomic mass is 9.90. The first kappa shape index (κ1) is 15.3.